The van der Waals surface area contributed by atoms with Crippen LogP contribution in [0.4, 0.5) is 11.4 Å². The van der Waals surface area contributed by atoms with Crippen LogP contribution in [0.15, 0.2) is 18.2 Å². The van der Waals surface area contributed by atoms with Gasteiger partial charge in [-0.1, -0.05) is 6.07 Å². The fraction of sp³-hybridized carbons (Fsp3) is 0.333. The number of nitrogens with two attached hydrogens (primary N) is 1. The molecule has 1 heterocycles. The van der Waals surface area contributed by atoms with E-state index in [0.717, 1.165) is 11.3 Å². The predicted octanol–water partition coefficient (Wildman–Crippen LogP) is 0.429. The van der Waals surface area contributed by atoms with Crippen LogP contribution in [0.3, 0.4) is 0 Å². The van der Waals surface area contributed by atoms with E-state index >= 15 is 0 Å². The van der Waals surface area contributed by atoms with Crippen LogP contribution in [0.2, 0.25) is 0 Å². The summed E-state index contributed by atoms with van der Waals surface area (Å²) in [7, 11) is 0. The van der Waals surface area contributed by atoms with E-state index in [9.17, 15) is 9.59 Å². The Balaban J connectivity index is 2.40. The number of hydrogen-bond donors (Lipinski definition) is 2. The number of piperazine rings is 1. The topological polar surface area (TPSA) is 75.4 Å². The highest BCUT2D eigenvalue weighted by Crippen LogP contribution is 2.25. The molecule has 0 spiro atoms. The van der Waals surface area contributed by atoms with Gasteiger partial charge in [0.15, 0.2) is 0 Å². The molecule has 1 fully saturated rings. The van der Waals surface area contributed by atoms with E-state index in [2.05, 4.69) is 5.32 Å². The zero-order valence-electron chi connectivity index (χ0n) is 9.86. The van der Waals surface area contributed by atoms with Crippen molar-refractivity contribution in [2.24, 2.45) is 0 Å². The number of aryl methyl sites for hydroxylation is 1. The fourth-order valence-corrected chi connectivity index (χ4v) is 1.94. The SMILES string of the molecule is Cc1ccc(N)cc1N1CC(=O)NC(=O)C1C. The zero-order valence-corrected chi connectivity index (χ0v) is 9.86. The number of nitrogens with one attached hydrogen (secondary N) is 1. The van der Waals surface area contributed by atoms with Gasteiger partial charge in [-0.15, -0.1) is 0 Å². The Kier molecular flexibility index (Phi) is 2.75. The maximum atomic E-state index is 11.6. The minimum absolute atomic E-state index is 0.178. The summed E-state index contributed by atoms with van der Waals surface area (Å²) in [6, 6.07) is 5.11. The molecule has 1 aliphatic heterocycles. The lowest BCUT2D eigenvalue weighted by Gasteiger charge is -2.34. The van der Waals surface area contributed by atoms with Gasteiger partial charge in [0.2, 0.25) is 11.8 Å². The molecule has 5 nitrogen and oxygen atoms in total. The smallest absolute Gasteiger partial charge is 0.249 e. The molecule has 3 N–H and O–H groups in total. The first kappa shape index (κ1) is 11.4. The summed E-state index contributed by atoms with van der Waals surface area (Å²) >= 11 is 0. The van der Waals surface area contributed by atoms with Crippen molar-refractivity contribution in [3.8, 4) is 0 Å². The Hall–Kier alpha value is -2.04. The number of carbonyl (C=O) groups excluding carboxylic acids is 2. The maximum absolute atomic E-state index is 11.6. The summed E-state index contributed by atoms with van der Waals surface area (Å²) in [5.74, 6) is -0.557. The summed E-state index contributed by atoms with van der Waals surface area (Å²) in [5.41, 5.74) is 8.19. The van der Waals surface area contributed by atoms with Crippen LogP contribution < -0.4 is 16.0 Å². The van der Waals surface area contributed by atoms with Crippen molar-refractivity contribution in [1.82, 2.24) is 5.32 Å². The summed E-state index contributed by atoms with van der Waals surface area (Å²) in [6.45, 7) is 3.88. The van der Waals surface area contributed by atoms with Crippen molar-refractivity contribution in [2.45, 2.75) is 19.9 Å². The third-order valence-corrected chi connectivity index (χ3v) is 2.97. The highest BCUT2D eigenvalue weighted by atomic mass is 16.2. The number of imide groups is 1. The quantitative estimate of drug-likeness (QED) is 0.545. The van der Waals surface area contributed by atoms with Crippen LogP contribution in [0, 0.1) is 6.92 Å². The third kappa shape index (κ3) is 2.08. The molecule has 1 atom stereocenters. The van der Waals surface area contributed by atoms with Gasteiger partial charge in [-0.3, -0.25) is 14.9 Å². The van der Waals surface area contributed by atoms with Gasteiger partial charge >= 0.3 is 0 Å². The average Bonchev–Trinajstić information content (AvgIpc) is 2.27. The Bertz CT molecular complexity index is 485. The molecule has 2 rings (SSSR count). The predicted molar refractivity (Wildman–Crippen MR) is 65.5 cm³/mol. The molecule has 1 aromatic carbocycles. The first-order valence-electron chi connectivity index (χ1n) is 5.45. The molecule has 5 heteroatoms. The molecule has 0 radical (unpaired) electrons. The number of benzene rings is 1. The summed E-state index contributed by atoms with van der Waals surface area (Å²) in [5, 5.41) is 2.31. The van der Waals surface area contributed by atoms with Gasteiger partial charge in [0, 0.05) is 11.4 Å². The summed E-state index contributed by atoms with van der Waals surface area (Å²) in [4.78, 5) is 24.7. The van der Waals surface area contributed by atoms with Crippen molar-refractivity contribution in [3.05, 3.63) is 23.8 Å². The fourth-order valence-electron chi connectivity index (χ4n) is 1.94. The van der Waals surface area contributed by atoms with E-state index in [1.165, 1.54) is 0 Å². The second-order valence-corrected chi connectivity index (χ2v) is 4.26. The van der Waals surface area contributed by atoms with Crippen molar-refractivity contribution in [2.75, 3.05) is 17.2 Å². The minimum atomic E-state index is -0.367. The van der Waals surface area contributed by atoms with Gasteiger partial charge in [-0.25, -0.2) is 0 Å². The molecular weight excluding hydrogens is 218 g/mol. The van der Waals surface area contributed by atoms with Gasteiger partial charge < -0.3 is 10.6 Å². The monoisotopic (exact) mass is 233 g/mol. The highest BCUT2D eigenvalue weighted by molar-refractivity contribution is 6.04. The number of nitrogen functional groups attached to an aromatic ring is 1. The Morgan fingerprint density at radius 2 is 2.12 bits per heavy atom. The summed E-state index contributed by atoms with van der Waals surface area (Å²) < 4.78 is 0. The van der Waals surface area contributed by atoms with Gasteiger partial charge in [0.1, 0.15) is 6.04 Å². The lowest BCUT2D eigenvalue weighted by Crippen LogP contribution is -2.57. The normalized spacial score (nSPS) is 20.4. The summed E-state index contributed by atoms with van der Waals surface area (Å²) in [6.07, 6.45) is 0. The molecule has 0 bridgehead atoms. The second-order valence-electron chi connectivity index (χ2n) is 4.26. The number of hydrogen-bond acceptors (Lipinski definition) is 4. The molecule has 1 aliphatic rings. The molecule has 17 heavy (non-hydrogen) atoms. The van der Waals surface area contributed by atoms with Crippen LogP contribution >= 0.6 is 0 Å². The van der Waals surface area contributed by atoms with E-state index in [-0.39, 0.29) is 24.4 Å². The molecule has 0 aliphatic carbocycles. The Labute approximate surface area is 99.6 Å². The van der Waals surface area contributed by atoms with Gasteiger partial charge in [0.05, 0.1) is 6.54 Å². The van der Waals surface area contributed by atoms with Crippen molar-refractivity contribution < 1.29 is 9.59 Å². The van der Waals surface area contributed by atoms with Crippen LogP contribution in [0.5, 0.6) is 0 Å². The minimum Gasteiger partial charge on any atom is -0.399 e. The Morgan fingerprint density at radius 3 is 2.82 bits per heavy atom. The molecule has 90 valence electrons. The van der Waals surface area contributed by atoms with E-state index in [4.69, 9.17) is 5.73 Å². The lowest BCUT2D eigenvalue weighted by atomic mass is 10.1. The number of amides is 2. The Morgan fingerprint density at radius 1 is 1.41 bits per heavy atom. The molecule has 0 aromatic heterocycles. The van der Waals surface area contributed by atoms with E-state index < -0.39 is 0 Å². The molecular formula is C12H15N3O2. The standard InChI is InChI=1S/C12H15N3O2/c1-7-3-4-9(13)5-10(7)15-6-11(16)14-12(17)8(15)2/h3-5,8H,6,13H2,1-2H3,(H,14,16,17). The van der Waals surface area contributed by atoms with Crippen LogP contribution in [0.1, 0.15) is 12.5 Å². The zero-order chi connectivity index (χ0) is 12.6. The van der Waals surface area contributed by atoms with Crippen LogP contribution in [-0.2, 0) is 9.59 Å². The first-order chi connectivity index (χ1) is 7.99. The van der Waals surface area contributed by atoms with E-state index in [1.807, 2.05) is 13.0 Å². The molecule has 2 amide bonds. The highest BCUT2D eigenvalue weighted by Gasteiger charge is 2.30. The van der Waals surface area contributed by atoms with Crippen LogP contribution in [-0.4, -0.2) is 24.4 Å². The molecule has 1 aromatic rings. The average molecular weight is 233 g/mol. The second kappa shape index (κ2) is 4.08. The number of carbonyl (C=O) groups is 2. The lowest BCUT2D eigenvalue weighted by molar-refractivity contribution is -0.132. The number of nitrogens with zero attached hydrogens (tertiary/aromatic N) is 1. The van der Waals surface area contributed by atoms with Crippen molar-refractivity contribution in [3.63, 3.8) is 0 Å². The third-order valence-electron chi connectivity index (χ3n) is 2.97. The van der Waals surface area contributed by atoms with E-state index in [0.29, 0.717) is 5.69 Å². The largest absolute Gasteiger partial charge is 0.399 e. The number of anilines is 2. The van der Waals surface area contributed by atoms with Crippen LogP contribution in [0.25, 0.3) is 0 Å². The van der Waals surface area contributed by atoms with Gasteiger partial charge in [0.25, 0.3) is 0 Å². The number of rotatable bonds is 1. The molecule has 1 unspecified atom stereocenters. The maximum Gasteiger partial charge on any atom is 0.249 e. The van der Waals surface area contributed by atoms with Gasteiger partial charge in [-0.05, 0) is 31.5 Å². The van der Waals surface area contributed by atoms with Crippen molar-refractivity contribution >= 4 is 23.2 Å². The first-order valence-corrected chi connectivity index (χ1v) is 5.45. The van der Waals surface area contributed by atoms with Gasteiger partial charge in [-0.2, -0.15) is 0 Å². The van der Waals surface area contributed by atoms with E-state index in [1.54, 1.807) is 24.0 Å². The van der Waals surface area contributed by atoms with Crippen molar-refractivity contribution in [1.29, 1.82) is 0 Å². The molecule has 0 saturated carbocycles. The molecule has 1 saturated heterocycles.